The number of anilines is 1. The lowest BCUT2D eigenvalue weighted by Gasteiger charge is -2.15. The Morgan fingerprint density at radius 3 is 2.38 bits per heavy atom. The largest absolute Gasteiger partial charge is 0.481 e. The monoisotopic (exact) mass is 329 g/mol. The maximum Gasteiger partial charge on any atom is 0.292 e. The van der Waals surface area contributed by atoms with Gasteiger partial charge in [-0.05, 0) is 37.3 Å². The normalized spacial score (nSPS) is 11.4. The molecule has 8 heteroatoms. The zero-order valence-corrected chi connectivity index (χ0v) is 12.8. The van der Waals surface area contributed by atoms with Crippen LogP contribution in [0, 0.1) is 10.1 Å². The van der Waals surface area contributed by atoms with Gasteiger partial charge in [0.15, 0.2) is 6.10 Å². The molecule has 0 fully saturated rings. The highest BCUT2D eigenvalue weighted by molar-refractivity contribution is 5.96. The molecule has 0 bridgehead atoms. The second kappa shape index (κ2) is 7.23. The fourth-order valence-electron chi connectivity index (χ4n) is 1.93. The molecule has 2 rings (SSSR count). The van der Waals surface area contributed by atoms with Crippen LogP contribution >= 0.6 is 0 Å². The van der Waals surface area contributed by atoms with Gasteiger partial charge in [0.25, 0.3) is 11.6 Å². The second-order valence-electron chi connectivity index (χ2n) is 4.91. The standard InChI is InChI=1S/C16H15N3O5/c1-10(24-12-8-6-11(7-9-12)15(17)20)16(21)18-13-4-2-3-5-14(13)19(22)23/h2-10H,1H3,(H2,17,20)(H,18,21)/t10-/m1/s1. The molecule has 0 heterocycles. The Morgan fingerprint density at radius 1 is 1.17 bits per heavy atom. The van der Waals surface area contributed by atoms with Crippen LogP contribution in [-0.4, -0.2) is 22.8 Å². The van der Waals surface area contributed by atoms with Crippen molar-refractivity contribution in [2.24, 2.45) is 5.73 Å². The van der Waals surface area contributed by atoms with Crippen molar-refractivity contribution >= 4 is 23.2 Å². The molecule has 2 aromatic carbocycles. The van der Waals surface area contributed by atoms with Gasteiger partial charge >= 0.3 is 0 Å². The summed E-state index contributed by atoms with van der Waals surface area (Å²) in [6, 6.07) is 11.8. The summed E-state index contributed by atoms with van der Waals surface area (Å²) in [5, 5.41) is 13.4. The van der Waals surface area contributed by atoms with Gasteiger partial charge in [-0.15, -0.1) is 0 Å². The average Bonchev–Trinajstić information content (AvgIpc) is 2.55. The van der Waals surface area contributed by atoms with Crippen LogP contribution in [0.2, 0.25) is 0 Å². The van der Waals surface area contributed by atoms with Crippen molar-refractivity contribution < 1.29 is 19.2 Å². The number of nitrogens with two attached hydrogens (primary N) is 1. The summed E-state index contributed by atoms with van der Waals surface area (Å²) < 4.78 is 5.45. The fourth-order valence-corrected chi connectivity index (χ4v) is 1.93. The molecule has 2 amide bonds. The van der Waals surface area contributed by atoms with E-state index in [2.05, 4.69) is 5.32 Å². The van der Waals surface area contributed by atoms with Gasteiger partial charge in [0, 0.05) is 11.6 Å². The van der Waals surface area contributed by atoms with Gasteiger partial charge in [0.1, 0.15) is 11.4 Å². The first-order valence-electron chi connectivity index (χ1n) is 6.99. The van der Waals surface area contributed by atoms with Gasteiger partial charge in [0.2, 0.25) is 5.91 Å². The molecule has 0 aliphatic rings. The first-order chi connectivity index (χ1) is 11.4. The van der Waals surface area contributed by atoms with Crippen LogP contribution in [0.1, 0.15) is 17.3 Å². The van der Waals surface area contributed by atoms with Gasteiger partial charge in [-0.2, -0.15) is 0 Å². The molecule has 0 radical (unpaired) electrons. The lowest BCUT2D eigenvalue weighted by Crippen LogP contribution is -2.30. The predicted octanol–water partition coefficient (Wildman–Crippen LogP) is 2.10. The number of rotatable bonds is 6. The first-order valence-corrected chi connectivity index (χ1v) is 6.99. The molecule has 0 saturated carbocycles. The van der Waals surface area contributed by atoms with E-state index >= 15 is 0 Å². The SMILES string of the molecule is C[C@@H](Oc1ccc(C(N)=O)cc1)C(=O)Nc1ccccc1[N+](=O)[O-]. The zero-order valence-electron chi connectivity index (χ0n) is 12.8. The summed E-state index contributed by atoms with van der Waals surface area (Å²) in [5.41, 5.74) is 5.34. The second-order valence-corrected chi connectivity index (χ2v) is 4.91. The predicted molar refractivity (Wildman–Crippen MR) is 86.8 cm³/mol. The van der Waals surface area contributed by atoms with E-state index in [1.807, 2.05) is 0 Å². The van der Waals surface area contributed by atoms with E-state index in [0.29, 0.717) is 11.3 Å². The highest BCUT2D eigenvalue weighted by Gasteiger charge is 2.19. The Morgan fingerprint density at radius 2 is 1.79 bits per heavy atom. The fraction of sp³-hybridized carbons (Fsp3) is 0.125. The van der Waals surface area contributed by atoms with Gasteiger partial charge < -0.3 is 15.8 Å². The number of hydrogen-bond acceptors (Lipinski definition) is 5. The molecular weight excluding hydrogens is 314 g/mol. The molecular formula is C16H15N3O5. The molecule has 0 aromatic heterocycles. The number of benzene rings is 2. The molecule has 1 atom stereocenters. The van der Waals surface area contributed by atoms with Crippen LogP contribution in [0.5, 0.6) is 5.75 Å². The number of carbonyl (C=O) groups is 2. The van der Waals surface area contributed by atoms with Crippen molar-refractivity contribution in [3.63, 3.8) is 0 Å². The Bertz CT molecular complexity index is 774. The molecule has 2 aromatic rings. The highest BCUT2D eigenvalue weighted by Crippen LogP contribution is 2.23. The molecule has 0 saturated heterocycles. The minimum absolute atomic E-state index is 0.0898. The van der Waals surface area contributed by atoms with Crippen molar-refractivity contribution in [1.29, 1.82) is 0 Å². The Balaban J connectivity index is 2.05. The lowest BCUT2D eigenvalue weighted by atomic mass is 10.2. The first kappa shape index (κ1) is 16.9. The van der Waals surface area contributed by atoms with Crippen molar-refractivity contribution in [2.75, 3.05) is 5.32 Å². The number of para-hydroxylation sites is 2. The minimum atomic E-state index is -0.899. The van der Waals surface area contributed by atoms with Crippen molar-refractivity contribution in [3.05, 3.63) is 64.2 Å². The molecule has 0 aliphatic heterocycles. The summed E-state index contributed by atoms with van der Waals surface area (Å²) >= 11 is 0. The Hall–Kier alpha value is -3.42. The number of carbonyl (C=O) groups excluding carboxylic acids is 2. The van der Waals surface area contributed by atoms with Gasteiger partial charge in [-0.25, -0.2) is 0 Å². The summed E-state index contributed by atoms with van der Waals surface area (Å²) in [4.78, 5) is 33.5. The minimum Gasteiger partial charge on any atom is -0.481 e. The van der Waals surface area contributed by atoms with E-state index in [-0.39, 0.29) is 11.4 Å². The van der Waals surface area contributed by atoms with E-state index in [1.54, 1.807) is 6.07 Å². The summed E-state index contributed by atoms with van der Waals surface area (Å²) in [5.74, 6) is -0.739. The molecule has 0 spiro atoms. The van der Waals surface area contributed by atoms with E-state index in [0.717, 1.165) is 0 Å². The van der Waals surface area contributed by atoms with E-state index in [9.17, 15) is 19.7 Å². The quantitative estimate of drug-likeness (QED) is 0.620. The van der Waals surface area contributed by atoms with Crippen LogP contribution in [-0.2, 0) is 4.79 Å². The van der Waals surface area contributed by atoms with Crippen LogP contribution in [0.3, 0.4) is 0 Å². The van der Waals surface area contributed by atoms with Crippen LogP contribution < -0.4 is 15.8 Å². The Kier molecular flexibility index (Phi) is 5.10. The van der Waals surface area contributed by atoms with Gasteiger partial charge in [0.05, 0.1) is 4.92 Å². The van der Waals surface area contributed by atoms with E-state index in [4.69, 9.17) is 10.5 Å². The summed E-state index contributed by atoms with van der Waals surface area (Å²) in [6.45, 7) is 1.51. The highest BCUT2D eigenvalue weighted by atomic mass is 16.6. The molecule has 0 aliphatic carbocycles. The molecule has 3 N–H and O–H groups in total. The van der Waals surface area contributed by atoms with E-state index < -0.39 is 22.8 Å². The van der Waals surface area contributed by atoms with Gasteiger partial charge in [-0.3, -0.25) is 19.7 Å². The molecule has 24 heavy (non-hydrogen) atoms. The maximum absolute atomic E-state index is 12.1. The smallest absolute Gasteiger partial charge is 0.292 e. The van der Waals surface area contributed by atoms with Crippen molar-refractivity contribution in [2.45, 2.75) is 13.0 Å². The Labute approximate surface area is 137 Å². The number of nitro groups is 1. The number of nitrogens with zero attached hydrogens (tertiary/aromatic N) is 1. The molecule has 124 valence electrons. The number of nitro benzene ring substituents is 1. The third-order valence-corrected chi connectivity index (χ3v) is 3.18. The van der Waals surface area contributed by atoms with Crippen LogP contribution in [0.15, 0.2) is 48.5 Å². The third kappa shape index (κ3) is 4.07. The number of primary amides is 1. The van der Waals surface area contributed by atoms with Gasteiger partial charge in [-0.1, -0.05) is 12.1 Å². The molecule has 8 nitrogen and oxygen atoms in total. The number of amides is 2. The lowest BCUT2D eigenvalue weighted by molar-refractivity contribution is -0.383. The van der Waals surface area contributed by atoms with E-state index in [1.165, 1.54) is 49.4 Å². The maximum atomic E-state index is 12.1. The van der Waals surface area contributed by atoms with Crippen molar-refractivity contribution in [3.8, 4) is 5.75 Å². The van der Waals surface area contributed by atoms with Crippen LogP contribution in [0.25, 0.3) is 0 Å². The summed E-state index contributed by atoms with van der Waals surface area (Å²) in [7, 11) is 0. The topological polar surface area (TPSA) is 125 Å². The molecule has 0 unspecified atom stereocenters. The number of nitrogens with one attached hydrogen (secondary N) is 1. The summed E-state index contributed by atoms with van der Waals surface area (Å²) in [6.07, 6.45) is -0.899. The number of ether oxygens (including phenoxy) is 1. The van der Waals surface area contributed by atoms with Crippen molar-refractivity contribution in [1.82, 2.24) is 0 Å². The zero-order chi connectivity index (χ0) is 17.7. The number of hydrogen-bond donors (Lipinski definition) is 2. The van der Waals surface area contributed by atoms with Crippen LogP contribution in [0.4, 0.5) is 11.4 Å². The average molecular weight is 329 g/mol. The third-order valence-electron chi connectivity index (χ3n) is 3.18.